The lowest BCUT2D eigenvalue weighted by Gasteiger charge is -2.30. The Morgan fingerprint density at radius 1 is 0.848 bits per heavy atom. The van der Waals surface area contributed by atoms with Crippen molar-refractivity contribution in [3.63, 3.8) is 0 Å². The monoisotopic (exact) mass is 447 g/mol. The van der Waals surface area contributed by atoms with E-state index in [0.29, 0.717) is 32.4 Å². The van der Waals surface area contributed by atoms with Gasteiger partial charge in [-0.2, -0.15) is 0 Å². The van der Waals surface area contributed by atoms with Crippen molar-refractivity contribution in [3.05, 3.63) is 77.9 Å². The van der Waals surface area contributed by atoms with Crippen LogP contribution in [0.4, 0.5) is 0 Å². The Kier molecular flexibility index (Phi) is 7.49. The van der Waals surface area contributed by atoms with Crippen LogP contribution < -0.4 is 21.7 Å². The smallest absolute Gasteiger partial charge is 0.256 e. The average molecular weight is 448 g/mol. The van der Waals surface area contributed by atoms with Crippen molar-refractivity contribution < 1.29 is 14.4 Å². The van der Waals surface area contributed by atoms with Gasteiger partial charge in [-0.1, -0.05) is 60.7 Å². The molecule has 4 rings (SSSR count). The molecule has 8 nitrogen and oxygen atoms in total. The summed E-state index contributed by atoms with van der Waals surface area (Å²) in [6, 6.07) is 19.1. The molecule has 2 unspecified atom stereocenters. The Balaban J connectivity index is 1.18. The van der Waals surface area contributed by atoms with Gasteiger partial charge in [0, 0.05) is 31.1 Å². The first-order valence-electron chi connectivity index (χ1n) is 11.3. The van der Waals surface area contributed by atoms with Gasteiger partial charge in [-0.25, -0.2) is 10.9 Å². The molecule has 0 radical (unpaired) electrons. The fraction of sp³-hybridized carbons (Fsp3) is 0.320. The second-order valence-corrected chi connectivity index (χ2v) is 8.36. The Labute approximate surface area is 193 Å². The van der Waals surface area contributed by atoms with Crippen molar-refractivity contribution in [2.75, 3.05) is 13.1 Å². The number of nitrogens with zero attached hydrogens (tertiary/aromatic N) is 1. The number of benzene rings is 2. The van der Waals surface area contributed by atoms with Crippen molar-refractivity contribution >= 4 is 23.8 Å². The number of rotatable bonds is 5. The average Bonchev–Trinajstić information content (AvgIpc) is 3.37. The van der Waals surface area contributed by atoms with Gasteiger partial charge in [-0.05, 0) is 36.5 Å². The molecule has 0 saturated carbocycles. The van der Waals surface area contributed by atoms with Gasteiger partial charge in [0.25, 0.3) is 5.91 Å². The molecule has 3 amide bonds. The van der Waals surface area contributed by atoms with Crippen LogP contribution in [0.5, 0.6) is 0 Å². The van der Waals surface area contributed by atoms with E-state index >= 15 is 0 Å². The zero-order valence-corrected chi connectivity index (χ0v) is 18.4. The lowest BCUT2D eigenvalue weighted by Crippen LogP contribution is -2.52. The van der Waals surface area contributed by atoms with Crippen molar-refractivity contribution in [1.82, 2.24) is 26.6 Å². The molecule has 8 heteroatoms. The number of nitrogens with one attached hydrogen (secondary N) is 4. The molecule has 0 aliphatic carbocycles. The summed E-state index contributed by atoms with van der Waals surface area (Å²) in [5.41, 5.74) is 13.3. The van der Waals surface area contributed by atoms with Crippen LogP contribution in [0.15, 0.2) is 66.7 Å². The standard InChI is InChI=1S/C25H29N5O3/c31-23(12-11-18-7-3-1-4-8-18)30-15-13-20(14-16-30)24(32)28-29-25(33)22-17-21(26-27-22)19-9-5-2-6-10-19/h1-12,20-22,26-27H,13-17H2,(H,28,32)(H,29,33)/b12-11+. The molecule has 2 heterocycles. The lowest BCUT2D eigenvalue weighted by atomic mass is 9.96. The minimum Gasteiger partial charge on any atom is -0.339 e. The van der Waals surface area contributed by atoms with Crippen LogP contribution in [0.2, 0.25) is 0 Å². The van der Waals surface area contributed by atoms with Crippen LogP contribution in [-0.4, -0.2) is 41.8 Å². The molecule has 4 N–H and O–H groups in total. The van der Waals surface area contributed by atoms with E-state index in [1.54, 1.807) is 17.1 Å². The molecule has 2 aliphatic rings. The topological polar surface area (TPSA) is 103 Å². The largest absolute Gasteiger partial charge is 0.339 e. The van der Waals surface area contributed by atoms with E-state index in [9.17, 15) is 14.4 Å². The van der Waals surface area contributed by atoms with E-state index in [-0.39, 0.29) is 29.7 Å². The zero-order chi connectivity index (χ0) is 23.0. The summed E-state index contributed by atoms with van der Waals surface area (Å²) in [4.78, 5) is 39.1. The third-order valence-corrected chi connectivity index (χ3v) is 6.13. The summed E-state index contributed by atoms with van der Waals surface area (Å²) in [6.07, 6.45) is 5.08. The molecule has 172 valence electrons. The quantitative estimate of drug-likeness (QED) is 0.413. The predicted molar refractivity (Wildman–Crippen MR) is 125 cm³/mol. The number of amides is 3. The zero-order valence-electron chi connectivity index (χ0n) is 18.4. The molecular formula is C25H29N5O3. The van der Waals surface area contributed by atoms with E-state index in [0.717, 1.165) is 11.1 Å². The second kappa shape index (κ2) is 10.9. The number of likely N-dealkylation sites (tertiary alicyclic amines) is 1. The predicted octanol–water partition coefficient (Wildman–Crippen LogP) is 1.69. The summed E-state index contributed by atoms with van der Waals surface area (Å²) in [6.45, 7) is 1.02. The van der Waals surface area contributed by atoms with Gasteiger partial charge in [0.15, 0.2) is 0 Å². The third kappa shape index (κ3) is 6.06. The van der Waals surface area contributed by atoms with Crippen LogP contribution in [0.25, 0.3) is 6.08 Å². The minimum atomic E-state index is -0.439. The van der Waals surface area contributed by atoms with E-state index in [2.05, 4.69) is 21.7 Å². The first kappa shape index (κ1) is 22.7. The molecular weight excluding hydrogens is 418 g/mol. The van der Waals surface area contributed by atoms with Gasteiger partial charge in [0.1, 0.15) is 6.04 Å². The summed E-state index contributed by atoms with van der Waals surface area (Å²) in [5.74, 6) is -0.799. The SMILES string of the molecule is O=C(NNC(=O)C1CC(c2ccccc2)NN1)C1CCN(C(=O)/C=C/c2ccccc2)CC1. The number of hydrazine groups is 2. The summed E-state index contributed by atoms with van der Waals surface area (Å²) in [7, 11) is 0. The number of carbonyl (C=O) groups is 3. The molecule has 2 saturated heterocycles. The fourth-order valence-corrected chi connectivity index (χ4v) is 4.14. The van der Waals surface area contributed by atoms with Gasteiger partial charge < -0.3 is 4.90 Å². The summed E-state index contributed by atoms with van der Waals surface area (Å²) in [5, 5.41) is 0. The van der Waals surface area contributed by atoms with Crippen molar-refractivity contribution in [3.8, 4) is 0 Å². The normalized spacial score (nSPS) is 21.2. The maximum atomic E-state index is 12.5. The van der Waals surface area contributed by atoms with Crippen LogP contribution in [0.1, 0.15) is 36.4 Å². The molecule has 2 atom stereocenters. The number of hydrogen-bond donors (Lipinski definition) is 4. The molecule has 2 aliphatic heterocycles. The van der Waals surface area contributed by atoms with Crippen LogP contribution in [0.3, 0.4) is 0 Å². The van der Waals surface area contributed by atoms with E-state index in [1.807, 2.05) is 60.7 Å². The van der Waals surface area contributed by atoms with Gasteiger partial charge in [0.2, 0.25) is 11.8 Å². The van der Waals surface area contributed by atoms with Gasteiger partial charge >= 0.3 is 0 Å². The third-order valence-electron chi connectivity index (χ3n) is 6.13. The van der Waals surface area contributed by atoms with E-state index in [1.165, 1.54) is 0 Å². The van der Waals surface area contributed by atoms with Crippen LogP contribution in [-0.2, 0) is 14.4 Å². The fourth-order valence-electron chi connectivity index (χ4n) is 4.14. The molecule has 33 heavy (non-hydrogen) atoms. The van der Waals surface area contributed by atoms with E-state index in [4.69, 9.17) is 0 Å². The Hall–Kier alpha value is -3.49. The maximum Gasteiger partial charge on any atom is 0.256 e. The van der Waals surface area contributed by atoms with Crippen molar-refractivity contribution in [2.45, 2.75) is 31.3 Å². The van der Waals surface area contributed by atoms with Gasteiger partial charge in [-0.3, -0.25) is 25.2 Å². The molecule has 2 aromatic carbocycles. The first-order valence-corrected chi connectivity index (χ1v) is 11.3. The lowest BCUT2D eigenvalue weighted by molar-refractivity contribution is -0.134. The highest BCUT2D eigenvalue weighted by Crippen LogP contribution is 2.22. The highest BCUT2D eigenvalue weighted by Gasteiger charge is 2.31. The van der Waals surface area contributed by atoms with Gasteiger partial charge in [-0.15, -0.1) is 0 Å². The second-order valence-electron chi connectivity index (χ2n) is 8.36. The first-order chi connectivity index (χ1) is 16.1. The molecule has 0 aromatic heterocycles. The molecule has 2 aromatic rings. The Morgan fingerprint density at radius 2 is 1.48 bits per heavy atom. The van der Waals surface area contributed by atoms with Gasteiger partial charge in [0.05, 0.1) is 0 Å². The number of carbonyl (C=O) groups excluding carboxylic acids is 3. The highest BCUT2D eigenvalue weighted by molar-refractivity contribution is 5.92. The maximum absolute atomic E-state index is 12.5. The highest BCUT2D eigenvalue weighted by atomic mass is 16.2. The van der Waals surface area contributed by atoms with Crippen LogP contribution in [0, 0.1) is 5.92 Å². The number of hydrogen-bond acceptors (Lipinski definition) is 5. The number of piperidine rings is 1. The summed E-state index contributed by atoms with van der Waals surface area (Å²) >= 11 is 0. The Bertz CT molecular complexity index is 988. The summed E-state index contributed by atoms with van der Waals surface area (Å²) < 4.78 is 0. The molecule has 0 bridgehead atoms. The van der Waals surface area contributed by atoms with Crippen LogP contribution >= 0.6 is 0 Å². The molecule has 2 fully saturated rings. The Morgan fingerprint density at radius 3 is 2.18 bits per heavy atom. The minimum absolute atomic E-state index is 0.0375. The van der Waals surface area contributed by atoms with Crippen molar-refractivity contribution in [1.29, 1.82) is 0 Å². The van der Waals surface area contributed by atoms with E-state index < -0.39 is 6.04 Å². The van der Waals surface area contributed by atoms with Crippen molar-refractivity contribution in [2.24, 2.45) is 5.92 Å². The molecule has 0 spiro atoms.